The zero-order valence-electron chi connectivity index (χ0n) is 14.3. The summed E-state index contributed by atoms with van der Waals surface area (Å²) in [6, 6.07) is 17.2. The number of amides is 1. The molecule has 2 rings (SSSR count). The van der Waals surface area contributed by atoms with E-state index in [0.29, 0.717) is 11.4 Å². The molecular weight excluding hydrogens is 352 g/mol. The maximum Gasteiger partial charge on any atom is 0.338 e. The second-order valence-corrected chi connectivity index (χ2v) is 6.90. The quantitative estimate of drug-likeness (QED) is 0.551. The van der Waals surface area contributed by atoms with Crippen LogP contribution in [-0.4, -0.2) is 35.5 Å². The summed E-state index contributed by atoms with van der Waals surface area (Å²) in [5, 5.41) is 8.93. The van der Waals surface area contributed by atoms with E-state index in [9.17, 15) is 13.8 Å². The first-order valence-electron chi connectivity index (χ1n) is 7.79. The van der Waals surface area contributed by atoms with E-state index in [4.69, 9.17) is 10.00 Å². The largest absolute Gasteiger partial charge is 0.452 e. The molecule has 0 saturated heterocycles. The van der Waals surface area contributed by atoms with Crippen LogP contribution in [0.25, 0.3) is 0 Å². The van der Waals surface area contributed by atoms with Crippen LogP contribution in [0.1, 0.15) is 15.9 Å². The van der Waals surface area contributed by atoms with Crippen LogP contribution in [0.5, 0.6) is 0 Å². The molecule has 0 heterocycles. The van der Waals surface area contributed by atoms with E-state index in [1.807, 2.05) is 6.07 Å². The summed E-state index contributed by atoms with van der Waals surface area (Å²) in [6.07, 6.45) is 1.58. The smallest absolute Gasteiger partial charge is 0.338 e. The highest BCUT2D eigenvalue weighted by atomic mass is 32.2. The van der Waals surface area contributed by atoms with Gasteiger partial charge in [0.15, 0.2) is 6.61 Å². The average molecular weight is 370 g/mol. The normalized spacial score (nSPS) is 11.2. The Balaban J connectivity index is 2.02. The van der Waals surface area contributed by atoms with E-state index >= 15 is 0 Å². The molecule has 2 aromatic rings. The van der Waals surface area contributed by atoms with E-state index in [2.05, 4.69) is 0 Å². The van der Waals surface area contributed by atoms with Crippen molar-refractivity contribution in [3.8, 4) is 6.07 Å². The molecule has 0 spiro atoms. The Hall–Kier alpha value is -2.98. The minimum atomic E-state index is -1.02. The number of carbonyl (C=O) groups is 2. The lowest BCUT2D eigenvalue weighted by Crippen LogP contribution is -2.35. The van der Waals surface area contributed by atoms with Gasteiger partial charge >= 0.3 is 5.97 Å². The molecule has 0 aliphatic rings. The van der Waals surface area contributed by atoms with Gasteiger partial charge in [-0.05, 0) is 29.8 Å². The second kappa shape index (κ2) is 9.49. The Morgan fingerprint density at radius 1 is 1.15 bits per heavy atom. The summed E-state index contributed by atoms with van der Waals surface area (Å²) >= 11 is 0. The molecule has 1 unspecified atom stereocenters. The first-order valence-corrected chi connectivity index (χ1v) is 9.52. The van der Waals surface area contributed by atoms with Gasteiger partial charge in [-0.15, -0.1) is 0 Å². The molecule has 0 bridgehead atoms. The van der Waals surface area contributed by atoms with Crippen molar-refractivity contribution < 1.29 is 18.5 Å². The van der Waals surface area contributed by atoms with Crippen LogP contribution >= 0.6 is 0 Å². The Bertz CT molecular complexity index is 846. The Kier molecular flexibility index (Phi) is 7.06. The van der Waals surface area contributed by atoms with Crippen molar-refractivity contribution in [1.29, 1.82) is 5.26 Å². The summed E-state index contributed by atoms with van der Waals surface area (Å²) in [6.45, 7) is -0.614. The third kappa shape index (κ3) is 5.53. The topological polar surface area (TPSA) is 87.5 Å². The number of para-hydroxylation sites is 1. The molecule has 0 aromatic heterocycles. The number of esters is 1. The lowest BCUT2D eigenvalue weighted by Gasteiger charge is -2.19. The van der Waals surface area contributed by atoms with Gasteiger partial charge in [-0.2, -0.15) is 5.26 Å². The maximum atomic E-state index is 12.3. The van der Waals surface area contributed by atoms with Crippen molar-refractivity contribution in [3.05, 3.63) is 65.7 Å². The van der Waals surface area contributed by atoms with E-state index in [1.54, 1.807) is 60.9 Å². The van der Waals surface area contributed by atoms with Gasteiger partial charge in [0.2, 0.25) is 0 Å². The highest BCUT2D eigenvalue weighted by Gasteiger charge is 2.18. The van der Waals surface area contributed by atoms with Gasteiger partial charge in [0, 0.05) is 28.5 Å². The average Bonchev–Trinajstić information content (AvgIpc) is 2.64. The summed E-state index contributed by atoms with van der Waals surface area (Å²) in [5.74, 6) is -0.798. The summed E-state index contributed by atoms with van der Waals surface area (Å²) < 4.78 is 16.4. The zero-order valence-corrected chi connectivity index (χ0v) is 15.1. The molecule has 2 aromatic carbocycles. The van der Waals surface area contributed by atoms with E-state index in [1.165, 1.54) is 4.90 Å². The van der Waals surface area contributed by atoms with Crippen LogP contribution in [0, 0.1) is 11.3 Å². The molecule has 134 valence electrons. The molecule has 0 aliphatic carbocycles. The van der Waals surface area contributed by atoms with Crippen molar-refractivity contribution in [1.82, 2.24) is 0 Å². The van der Waals surface area contributed by atoms with E-state index in [0.717, 1.165) is 5.56 Å². The van der Waals surface area contributed by atoms with Gasteiger partial charge in [0.05, 0.1) is 11.6 Å². The monoisotopic (exact) mass is 370 g/mol. The molecular formula is C19H18N2O4S. The van der Waals surface area contributed by atoms with Gasteiger partial charge in [-0.3, -0.25) is 13.9 Å². The third-order valence-corrected chi connectivity index (χ3v) is 4.20. The van der Waals surface area contributed by atoms with Crippen LogP contribution in [-0.2, 0) is 26.1 Å². The Morgan fingerprint density at radius 3 is 2.54 bits per heavy atom. The number of nitrogens with zero attached hydrogens (tertiary/aromatic N) is 2. The maximum absolute atomic E-state index is 12.3. The van der Waals surface area contributed by atoms with Gasteiger partial charge < -0.3 is 4.74 Å². The van der Waals surface area contributed by atoms with Crippen molar-refractivity contribution in [2.45, 2.75) is 5.75 Å². The van der Waals surface area contributed by atoms with Crippen LogP contribution < -0.4 is 4.90 Å². The molecule has 0 aliphatic heterocycles. The number of benzene rings is 2. The minimum Gasteiger partial charge on any atom is -0.452 e. The lowest BCUT2D eigenvalue weighted by molar-refractivity contribution is -0.121. The molecule has 0 saturated carbocycles. The van der Waals surface area contributed by atoms with Gasteiger partial charge in [-0.1, -0.05) is 30.3 Å². The second-order valence-electron chi connectivity index (χ2n) is 5.47. The number of anilines is 1. The van der Waals surface area contributed by atoms with Crippen molar-refractivity contribution in [3.63, 3.8) is 0 Å². The number of hydrogen-bond acceptors (Lipinski definition) is 5. The van der Waals surface area contributed by atoms with Crippen molar-refractivity contribution in [2.24, 2.45) is 0 Å². The standard InChI is InChI=1S/C19H18N2O4S/c1-26(24)14-15-6-5-7-16(12-15)19(23)25-13-18(22)21(11-10-20)17-8-3-2-4-9-17/h2-9,12H,11,13-14H2,1H3. The molecule has 1 amide bonds. The summed E-state index contributed by atoms with van der Waals surface area (Å²) in [4.78, 5) is 25.8. The fourth-order valence-electron chi connectivity index (χ4n) is 2.31. The molecule has 0 fully saturated rings. The van der Waals surface area contributed by atoms with Crippen LogP contribution in [0.2, 0.25) is 0 Å². The molecule has 26 heavy (non-hydrogen) atoms. The predicted octanol–water partition coefficient (Wildman–Crippen LogP) is 2.28. The molecule has 0 radical (unpaired) electrons. The number of rotatable bonds is 7. The number of ether oxygens (including phenoxy) is 1. The molecule has 6 nitrogen and oxygen atoms in total. The first-order chi connectivity index (χ1) is 12.5. The summed E-state index contributed by atoms with van der Waals surface area (Å²) in [7, 11) is -1.02. The van der Waals surface area contributed by atoms with Gasteiger partial charge in [0.1, 0.15) is 6.54 Å². The summed E-state index contributed by atoms with van der Waals surface area (Å²) in [5.41, 5.74) is 1.59. The van der Waals surface area contributed by atoms with Gasteiger partial charge in [-0.25, -0.2) is 4.79 Å². The highest BCUT2D eigenvalue weighted by molar-refractivity contribution is 7.83. The van der Waals surface area contributed by atoms with Crippen molar-refractivity contribution in [2.75, 3.05) is 24.3 Å². The zero-order chi connectivity index (χ0) is 18.9. The number of hydrogen-bond donors (Lipinski definition) is 0. The van der Waals surface area contributed by atoms with E-state index < -0.39 is 29.3 Å². The van der Waals surface area contributed by atoms with Gasteiger partial charge in [0.25, 0.3) is 5.91 Å². The Labute approximate surface area is 154 Å². The first kappa shape index (κ1) is 19.3. The predicted molar refractivity (Wildman–Crippen MR) is 98.9 cm³/mol. The molecule has 7 heteroatoms. The van der Waals surface area contributed by atoms with Crippen LogP contribution in [0.4, 0.5) is 5.69 Å². The number of nitriles is 1. The fourth-order valence-corrected chi connectivity index (χ4v) is 2.96. The lowest BCUT2D eigenvalue weighted by atomic mass is 10.1. The number of carbonyl (C=O) groups excluding carboxylic acids is 2. The molecule has 0 N–H and O–H groups in total. The highest BCUT2D eigenvalue weighted by Crippen LogP contribution is 2.14. The Morgan fingerprint density at radius 2 is 1.88 bits per heavy atom. The third-order valence-electron chi connectivity index (χ3n) is 3.46. The molecule has 1 atom stereocenters. The SMILES string of the molecule is CS(=O)Cc1cccc(C(=O)OCC(=O)N(CC#N)c2ccccc2)c1. The van der Waals surface area contributed by atoms with Crippen LogP contribution in [0.3, 0.4) is 0 Å². The fraction of sp³-hybridized carbons (Fsp3) is 0.211. The minimum absolute atomic E-state index is 0.141. The van der Waals surface area contributed by atoms with Crippen molar-refractivity contribution >= 4 is 28.4 Å². The van der Waals surface area contributed by atoms with E-state index in [-0.39, 0.29) is 12.1 Å². The van der Waals surface area contributed by atoms with Crippen LogP contribution in [0.15, 0.2) is 54.6 Å².